The normalized spacial score (nSPS) is 14.4. The number of amides is 3. The molecule has 1 aliphatic heterocycles. The van der Waals surface area contributed by atoms with Gasteiger partial charge in [-0.25, -0.2) is 9.59 Å². The molecule has 44 heavy (non-hydrogen) atoms. The Hall–Kier alpha value is -5.26. The Kier molecular flexibility index (Phi) is 9.62. The minimum absolute atomic E-state index is 0.00629. The van der Waals surface area contributed by atoms with E-state index in [1.807, 2.05) is 18.2 Å². The summed E-state index contributed by atoms with van der Waals surface area (Å²) in [6, 6.07) is 16.3. The van der Waals surface area contributed by atoms with Crippen LogP contribution in [0.25, 0.3) is 0 Å². The second-order valence-electron chi connectivity index (χ2n) is 11.3. The summed E-state index contributed by atoms with van der Waals surface area (Å²) in [6.45, 7) is 6.67. The first kappa shape index (κ1) is 31.7. The molecule has 2 heterocycles. The number of nitrogens with two attached hydrogens (primary N) is 1. The molecule has 1 aromatic heterocycles. The van der Waals surface area contributed by atoms with Gasteiger partial charge in [-0.15, -0.1) is 0 Å². The van der Waals surface area contributed by atoms with Crippen molar-refractivity contribution >= 4 is 35.4 Å². The fraction of sp³-hybridized carbons (Fsp3) is 0.312. The van der Waals surface area contributed by atoms with Crippen molar-refractivity contribution in [3.05, 3.63) is 99.0 Å². The highest BCUT2D eigenvalue weighted by Crippen LogP contribution is 2.28. The second kappa shape index (κ2) is 13.4. The first-order valence-electron chi connectivity index (χ1n) is 14.0. The number of hydrogen-bond donors (Lipinski definition) is 3. The van der Waals surface area contributed by atoms with Crippen molar-refractivity contribution < 1.29 is 28.7 Å². The number of ether oxygens (including phenoxy) is 2. The molecule has 12 heteroatoms. The van der Waals surface area contributed by atoms with Crippen molar-refractivity contribution in [1.29, 1.82) is 0 Å². The predicted molar refractivity (Wildman–Crippen MR) is 164 cm³/mol. The molecule has 3 amide bonds. The Bertz CT molecular complexity index is 1660. The third kappa shape index (κ3) is 7.97. The van der Waals surface area contributed by atoms with E-state index in [1.54, 1.807) is 57.2 Å². The fourth-order valence-corrected chi connectivity index (χ4v) is 4.72. The summed E-state index contributed by atoms with van der Waals surface area (Å²) in [5.74, 6) is -0.726. The number of fused-ring (bicyclic) bond motifs is 1. The molecule has 4 rings (SSSR count). The first-order chi connectivity index (χ1) is 20.8. The number of Topliss-reactive ketones (excluding diaryl/α,β-unsaturated/α-hetero) is 1. The molecule has 1 atom stereocenters. The summed E-state index contributed by atoms with van der Waals surface area (Å²) in [4.78, 5) is 67.3. The average molecular weight is 602 g/mol. The van der Waals surface area contributed by atoms with Crippen LogP contribution in [-0.2, 0) is 33.8 Å². The molecule has 12 nitrogen and oxygen atoms in total. The van der Waals surface area contributed by atoms with E-state index in [0.29, 0.717) is 24.1 Å². The van der Waals surface area contributed by atoms with Crippen LogP contribution in [0.5, 0.6) is 0 Å². The van der Waals surface area contributed by atoms with Crippen LogP contribution in [0.3, 0.4) is 0 Å². The maximum atomic E-state index is 13.4. The number of amidine groups is 1. The molecular formula is C32H35N5O7. The predicted octanol–water partition coefficient (Wildman–Crippen LogP) is 4.24. The molecule has 0 spiro atoms. The van der Waals surface area contributed by atoms with Crippen LogP contribution in [0.1, 0.15) is 72.9 Å². The van der Waals surface area contributed by atoms with Crippen LogP contribution in [0, 0.1) is 0 Å². The van der Waals surface area contributed by atoms with Crippen molar-refractivity contribution in [2.75, 3.05) is 5.32 Å². The van der Waals surface area contributed by atoms with Gasteiger partial charge in [-0.1, -0.05) is 54.6 Å². The van der Waals surface area contributed by atoms with Gasteiger partial charge in [0.2, 0.25) is 5.91 Å². The third-order valence-corrected chi connectivity index (χ3v) is 6.76. The van der Waals surface area contributed by atoms with Gasteiger partial charge >= 0.3 is 12.2 Å². The lowest BCUT2D eigenvalue weighted by Crippen LogP contribution is -2.37. The van der Waals surface area contributed by atoms with Gasteiger partial charge in [-0.3, -0.25) is 24.3 Å². The number of nitrogens with zero attached hydrogens (tertiary/aromatic N) is 2. The number of hydrogen-bond acceptors (Lipinski definition) is 7. The minimum atomic E-state index is -0.881. The van der Waals surface area contributed by atoms with Crippen LogP contribution in [0.4, 0.5) is 15.3 Å². The molecule has 0 unspecified atom stereocenters. The number of nitrogens with one attached hydrogen (secondary N) is 2. The van der Waals surface area contributed by atoms with E-state index in [0.717, 1.165) is 11.1 Å². The summed E-state index contributed by atoms with van der Waals surface area (Å²) < 4.78 is 11.7. The zero-order valence-corrected chi connectivity index (χ0v) is 25.0. The van der Waals surface area contributed by atoms with E-state index < -0.39 is 35.3 Å². The molecule has 2 aromatic carbocycles. The van der Waals surface area contributed by atoms with Gasteiger partial charge in [0, 0.05) is 23.4 Å². The molecule has 4 N–H and O–H groups in total. The Balaban J connectivity index is 1.44. The highest BCUT2D eigenvalue weighted by atomic mass is 16.6. The monoisotopic (exact) mass is 601 g/mol. The van der Waals surface area contributed by atoms with E-state index in [9.17, 15) is 24.0 Å². The highest BCUT2D eigenvalue weighted by molar-refractivity contribution is 6.02. The SMILES string of the molecule is CC(=O)c1cc(NC(=O)OCc2ccccc2)c(=O)n2c1CC[C@H]2C(=O)NCc1ccc(C(N)=NC(=O)OC(C)(C)C)cc1. The summed E-state index contributed by atoms with van der Waals surface area (Å²) in [5.41, 5.74) is 7.17. The largest absolute Gasteiger partial charge is 0.444 e. The van der Waals surface area contributed by atoms with Crippen LogP contribution in [0.15, 0.2) is 70.5 Å². The zero-order chi connectivity index (χ0) is 32.0. The van der Waals surface area contributed by atoms with Gasteiger partial charge in [0.1, 0.15) is 29.8 Å². The maximum Gasteiger partial charge on any atom is 0.436 e. The van der Waals surface area contributed by atoms with Crippen LogP contribution < -0.4 is 21.9 Å². The van der Waals surface area contributed by atoms with Crippen LogP contribution in [0.2, 0.25) is 0 Å². The number of aliphatic imine (C=N–C) groups is 1. The molecule has 0 bridgehead atoms. The van der Waals surface area contributed by atoms with E-state index in [-0.39, 0.29) is 36.0 Å². The number of carbonyl (C=O) groups is 4. The quantitative estimate of drug-likeness (QED) is 0.195. The summed E-state index contributed by atoms with van der Waals surface area (Å²) in [7, 11) is 0. The Morgan fingerprint density at radius 2 is 1.70 bits per heavy atom. The number of carbonyl (C=O) groups excluding carboxylic acids is 4. The second-order valence-corrected chi connectivity index (χ2v) is 11.3. The molecular weight excluding hydrogens is 566 g/mol. The molecule has 1 aliphatic rings. The van der Waals surface area contributed by atoms with Gasteiger partial charge in [-0.05, 0) is 57.7 Å². The van der Waals surface area contributed by atoms with Crippen LogP contribution >= 0.6 is 0 Å². The lowest BCUT2D eigenvalue weighted by molar-refractivity contribution is -0.124. The first-order valence-corrected chi connectivity index (χ1v) is 14.0. The number of pyridine rings is 1. The third-order valence-electron chi connectivity index (χ3n) is 6.76. The maximum absolute atomic E-state index is 13.4. The van der Waals surface area contributed by atoms with Crippen molar-refractivity contribution in [2.45, 2.75) is 65.3 Å². The number of anilines is 1. The van der Waals surface area contributed by atoms with Gasteiger partial charge < -0.3 is 20.5 Å². The molecule has 230 valence electrons. The fourth-order valence-electron chi connectivity index (χ4n) is 4.72. The Labute approximate surface area is 254 Å². The highest BCUT2D eigenvalue weighted by Gasteiger charge is 2.33. The molecule has 3 aromatic rings. The Morgan fingerprint density at radius 3 is 2.34 bits per heavy atom. The minimum Gasteiger partial charge on any atom is -0.444 e. The van der Waals surface area contributed by atoms with E-state index in [2.05, 4.69) is 15.6 Å². The summed E-state index contributed by atoms with van der Waals surface area (Å²) in [5, 5.41) is 5.26. The van der Waals surface area contributed by atoms with E-state index in [4.69, 9.17) is 15.2 Å². The number of rotatable bonds is 8. The molecule has 0 fully saturated rings. The topological polar surface area (TPSA) is 171 Å². The van der Waals surface area contributed by atoms with Gasteiger partial charge in [0.05, 0.1) is 0 Å². The molecule has 0 radical (unpaired) electrons. The van der Waals surface area contributed by atoms with Crippen molar-refractivity contribution in [3.63, 3.8) is 0 Å². The lowest BCUT2D eigenvalue weighted by Gasteiger charge is -2.18. The smallest absolute Gasteiger partial charge is 0.436 e. The zero-order valence-electron chi connectivity index (χ0n) is 25.0. The van der Waals surface area contributed by atoms with E-state index >= 15 is 0 Å². The van der Waals surface area contributed by atoms with E-state index in [1.165, 1.54) is 17.6 Å². The standard InChI is InChI=1S/C32H35N5O7/c1-19(38)23-16-24(35-30(41)43-18-21-8-6-5-7-9-21)29(40)37-25(23)14-15-26(37)28(39)34-17-20-10-12-22(13-11-20)27(33)36-31(42)44-32(2,3)4/h5-13,16,26H,14-15,17-18H2,1-4H3,(H,34,39)(H,35,41)(H2,33,36,42)/t26-/m0/s1. The summed E-state index contributed by atoms with van der Waals surface area (Å²) >= 11 is 0. The van der Waals surface area contributed by atoms with Crippen molar-refractivity contribution in [1.82, 2.24) is 9.88 Å². The van der Waals surface area contributed by atoms with Crippen molar-refractivity contribution in [2.24, 2.45) is 10.7 Å². The van der Waals surface area contributed by atoms with Crippen LogP contribution in [-0.4, -0.2) is 39.9 Å². The number of aromatic nitrogens is 1. The average Bonchev–Trinajstić information content (AvgIpc) is 3.41. The lowest BCUT2D eigenvalue weighted by atomic mass is 10.1. The Morgan fingerprint density at radius 1 is 1.02 bits per heavy atom. The number of ketones is 1. The van der Waals surface area contributed by atoms with Crippen molar-refractivity contribution in [3.8, 4) is 0 Å². The number of benzene rings is 2. The van der Waals surface area contributed by atoms with Gasteiger partial charge in [0.25, 0.3) is 5.56 Å². The van der Waals surface area contributed by atoms with Gasteiger partial charge in [-0.2, -0.15) is 4.99 Å². The molecule has 0 saturated carbocycles. The summed E-state index contributed by atoms with van der Waals surface area (Å²) in [6.07, 6.45) is -1.01. The van der Waals surface area contributed by atoms with Gasteiger partial charge in [0.15, 0.2) is 5.78 Å². The molecule has 0 aliphatic carbocycles. The molecule has 0 saturated heterocycles.